The molecule has 3 aromatic rings. The fraction of sp³-hybridized carbons (Fsp3) is 0. The number of benzene rings is 1. The van der Waals surface area contributed by atoms with Crippen LogP contribution in [0.1, 0.15) is 0 Å². The van der Waals surface area contributed by atoms with Crippen molar-refractivity contribution in [2.75, 3.05) is 5.73 Å². The van der Waals surface area contributed by atoms with Crippen LogP contribution in [0, 0.1) is 0 Å². The summed E-state index contributed by atoms with van der Waals surface area (Å²) in [5, 5.41) is 1.35. The molecule has 0 saturated carbocycles. The summed E-state index contributed by atoms with van der Waals surface area (Å²) in [5.41, 5.74) is 5.76. The highest BCUT2D eigenvalue weighted by atomic mass is 35.5. The zero-order valence-corrected chi connectivity index (χ0v) is 11.6. The van der Waals surface area contributed by atoms with Gasteiger partial charge in [0.1, 0.15) is 10.8 Å². The second kappa shape index (κ2) is 5.10. The molecule has 0 unspecified atom stereocenters. The summed E-state index contributed by atoms with van der Waals surface area (Å²) in [6.07, 6.45) is 4.36. The Hall–Kier alpha value is -2.12. The van der Waals surface area contributed by atoms with Crippen LogP contribution in [0.4, 0.5) is 5.82 Å². The van der Waals surface area contributed by atoms with Crippen molar-refractivity contribution in [2.45, 2.75) is 9.92 Å². The number of fused-ring (bicyclic) bond motifs is 1. The van der Waals surface area contributed by atoms with Crippen molar-refractivity contribution in [3.8, 4) is 0 Å². The highest BCUT2D eigenvalue weighted by molar-refractivity contribution is 7.99. The number of aromatic nitrogens is 4. The molecule has 6 nitrogen and oxygen atoms in total. The number of nitrogen functional groups attached to an aromatic ring is 1. The van der Waals surface area contributed by atoms with Crippen LogP contribution in [0.2, 0.25) is 5.02 Å². The van der Waals surface area contributed by atoms with E-state index in [9.17, 15) is 4.79 Å². The van der Waals surface area contributed by atoms with Gasteiger partial charge in [-0.1, -0.05) is 23.4 Å². The zero-order chi connectivity index (χ0) is 14.1. The second-order valence-corrected chi connectivity index (χ2v) is 5.33. The molecule has 0 aliphatic rings. The van der Waals surface area contributed by atoms with Gasteiger partial charge in [-0.2, -0.15) is 0 Å². The van der Waals surface area contributed by atoms with Gasteiger partial charge in [-0.3, -0.25) is 4.79 Å². The second-order valence-electron chi connectivity index (χ2n) is 3.89. The normalized spacial score (nSPS) is 10.8. The van der Waals surface area contributed by atoms with Crippen molar-refractivity contribution >= 4 is 40.1 Å². The lowest BCUT2D eigenvalue weighted by Crippen LogP contribution is -2.07. The van der Waals surface area contributed by atoms with Gasteiger partial charge in [0.25, 0.3) is 5.56 Å². The van der Waals surface area contributed by atoms with Gasteiger partial charge in [0, 0.05) is 4.90 Å². The Morgan fingerprint density at radius 1 is 1.20 bits per heavy atom. The molecule has 0 fully saturated rings. The van der Waals surface area contributed by atoms with Crippen molar-refractivity contribution in [3.63, 3.8) is 0 Å². The van der Waals surface area contributed by atoms with Gasteiger partial charge < -0.3 is 10.7 Å². The SMILES string of the molecule is Nc1cnc(Sc2ccc3nc[nH]c(=O)c3c2Cl)cn1. The van der Waals surface area contributed by atoms with Crippen LogP contribution in [0.5, 0.6) is 0 Å². The Balaban J connectivity index is 2.08. The Kier molecular flexibility index (Phi) is 3.29. The van der Waals surface area contributed by atoms with Crippen LogP contribution in [-0.2, 0) is 0 Å². The molecule has 0 amide bonds. The highest BCUT2D eigenvalue weighted by Crippen LogP contribution is 2.34. The quantitative estimate of drug-likeness (QED) is 0.752. The van der Waals surface area contributed by atoms with E-state index in [0.29, 0.717) is 31.7 Å². The van der Waals surface area contributed by atoms with E-state index in [1.807, 2.05) is 0 Å². The first-order valence-electron chi connectivity index (χ1n) is 5.56. The Morgan fingerprint density at radius 2 is 2.05 bits per heavy atom. The maximum absolute atomic E-state index is 11.8. The predicted octanol–water partition coefficient (Wildman–Crippen LogP) is 2.10. The molecule has 3 N–H and O–H groups in total. The van der Waals surface area contributed by atoms with E-state index in [-0.39, 0.29) is 5.56 Å². The first kappa shape index (κ1) is 12.9. The number of hydrogen-bond acceptors (Lipinski definition) is 6. The standard InChI is InChI=1S/C12H8ClN5OS/c13-11-7(20-9-4-15-8(14)3-16-9)2-1-6-10(11)12(19)18-5-17-6/h1-5H,(H2,14,15)(H,17,18,19). The molecule has 100 valence electrons. The van der Waals surface area contributed by atoms with Crippen LogP contribution in [-0.4, -0.2) is 19.9 Å². The van der Waals surface area contributed by atoms with Gasteiger partial charge in [-0.05, 0) is 12.1 Å². The summed E-state index contributed by atoms with van der Waals surface area (Å²) in [5.74, 6) is 0.347. The highest BCUT2D eigenvalue weighted by Gasteiger charge is 2.11. The maximum Gasteiger partial charge on any atom is 0.260 e. The van der Waals surface area contributed by atoms with Crippen molar-refractivity contribution in [1.82, 2.24) is 19.9 Å². The monoisotopic (exact) mass is 305 g/mol. The first-order chi connectivity index (χ1) is 9.65. The van der Waals surface area contributed by atoms with Crippen LogP contribution in [0.25, 0.3) is 10.9 Å². The van der Waals surface area contributed by atoms with E-state index >= 15 is 0 Å². The van der Waals surface area contributed by atoms with Crippen molar-refractivity contribution in [2.24, 2.45) is 0 Å². The molecule has 1 aromatic carbocycles. The third-order valence-electron chi connectivity index (χ3n) is 2.57. The van der Waals surface area contributed by atoms with Gasteiger partial charge in [-0.15, -0.1) is 0 Å². The zero-order valence-electron chi connectivity index (χ0n) is 10.0. The van der Waals surface area contributed by atoms with Crippen molar-refractivity contribution in [3.05, 3.63) is 46.2 Å². The number of hydrogen-bond donors (Lipinski definition) is 2. The molecule has 0 bridgehead atoms. The number of halogens is 1. The number of H-pyrrole nitrogens is 1. The predicted molar refractivity (Wildman–Crippen MR) is 77.9 cm³/mol. The minimum Gasteiger partial charge on any atom is -0.382 e. The minimum absolute atomic E-state index is 0.272. The van der Waals surface area contributed by atoms with E-state index in [2.05, 4.69) is 19.9 Å². The van der Waals surface area contributed by atoms with E-state index in [1.54, 1.807) is 18.3 Å². The summed E-state index contributed by atoms with van der Waals surface area (Å²) in [7, 11) is 0. The lowest BCUT2D eigenvalue weighted by Gasteiger charge is -2.05. The molecule has 0 saturated heterocycles. The molecule has 3 rings (SSSR count). The third-order valence-corrected chi connectivity index (χ3v) is 4.06. The number of anilines is 1. The molecule has 0 aliphatic carbocycles. The molecule has 0 aliphatic heterocycles. The van der Waals surface area contributed by atoms with E-state index in [4.69, 9.17) is 17.3 Å². The molecule has 2 aromatic heterocycles. The fourth-order valence-corrected chi connectivity index (χ4v) is 2.80. The molecular weight excluding hydrogens is 298 g/mol. The molecule has 20 heavy (non-hydrogen) atoms. The van der Waals surface area contributed by atoms with Crippen LogP contribution in [0.3, 0.4) is 0 Å². The van der Waals surface area contributed by atoms with Crippen LogP contribution < -0.4 is 11.3 Å². The lowest BCUT2D eigenvalue weighted by molar-refractivity contribution is 1.06. The molecule has 0 radical (unpaired) electrons. The summed E-state index contributed by atoms with van der Waals surface area (Å²) in [6.45, 7) is 0. The average molecular weight is 306 g/mol. The van der Waals surface area contributed by atoms with E-state index < -0.39 is 0 Å². The van der Waals surface area contributed by atoms with Crippen LogP contribution >= 0.6 is 23.4 Å². The van der Waals surface area contributed by atoms with E-state index in [1.165, 1.54) is 24.3 Å². The van der Waals surface area contributed by atoms with Gasteiger partial charge in [0.05, 0.1) is 34.6 Å². The number of nitrogens with one attached hydrogen (secondary N) is 1. The van der Waals surface area contributed by atoms with Gasteiger partial charge in [0.2, 0.25) is 0 Å². The van der Waals surface area contributed by atoms with Crippen molar-refractivity contribution < 1.29 is 0 Å². The summed E-state index contributed by atoms with van der Waals surface area (Å²) < 4.78 is 0. The number of nitrogens with two attached hydrogens (primary N) is 1. The lowest BCUT2D eigenvalue weighted by atomic mass is 10.2. The van der Waals surface area contributed by atoms with Gasteiger partial charge in [0.15, 0.2) is 0 Å². The molecular formula is C12H8ClN5OS. The smallest absolute Gasteiger partial charge is 0.260 e. The topological polar surface area (TPSA) is 97.5 Å². The molecule has 2 heterocycles. The largest absolute Gasteiger partial charge is 0.382 e. The number of aromatic amines is 1. The molecule has 8 heteroatoms. The van der Waals surface area contributed by atoms with Crippen molar-refractivity contribution in [1.29, 1.82) is 0 Å². The van der Waals surface area contributed by atoms with E-state index in [0.717, 1.165) is 0 Å². The minimum atomic E-state index is -0.272. The van der Waals surface area contributed by atoms with Gasteiger partial charge in [-0.25, -0.2) is 15.0 Å². The maximum atomic E-state index is 11.8. The Morgan fingerprint density at radius 3 is 2.80 bits per heavy atom. The number of rotatable bonds is 2. The molecule has 0 spiro atoms. The molecule has 0 atom stereocenters. The Labute approximate surface area is 122 Å². The third kappa shape index (κ3) is 2.33. The summed E-state index contributed by atoms with van der Waals surface area (Å²) >= 11 is 7.58. The summed E-state index contributed by atoms with van der Waals surface area (Å²) in [4.78, 5) is 27.2. The van der Waals surface area contributed by atoms with Gasteiger partial charge >= 0.3 is 0 Å². The fourth-order valence-electron chi connectivity index (χ4n) is 1.67. The first-order valence-corrected chi connectivity index (χ1v) is 6.76. The average Bonchev–Trinajstić information content (AvgIpc) is 2.44. The van der Waals surface area contributed by atoms with Crippen LogP contribution in [0.15, 0.2) is 45.6 Å². The Bertz CT molecular complexity index is 833. The summed E-state index contributed by atoms with van der Waals surface area (Å²) in [6, 6.07) is 3.53. The number of nitrogens with zero attached hydrogens (tertiary/aromatic N) is 3.